The fourth-order valence-electron chi connectivity index (χ4n) is 3.03. The molecule has 6 nitrogen and oxygen atoms in total. The molecule has 0 bridgehead atoms. The quantitative estimate of drug-likeness (QED) is 0.721. The van der Waals surface area contributed by atoms with Crippen LogP contribution in [0.1, 0.15) is 24.0 Å². The molecule has 0 amide bonds. The van der Waals surface area contributed by atoms with Crippen molar-refractivity contribution in [3.05, 3.63) is 46.9 Å². The molecule has 0 radical (unpaired) electrons. The van der Waals surface area contributed by atoms with Crippen molar-refractivity contribution in [3.63, 3.8) is 0 Å². The van der Waals surface area contributed by atoms with E-state index in [1.54, 1.807) is 6.20 Å². The van der Waals surface area contributed by atoms with Gasteiger partial charge in [0.15, 0.2) is 0 Å². The number of carbonyl (C=O) groups is 1. The summed E-state index contributed by atoms with van der Waals surface area (Å²) in [6.45, 7) is 5.69. The topological polar surface area (TPSA) is 64.6 Å². The zero-order valence-corrected chi connectivity index (χ0v) is 15.7. The standard InChI is InChI=1S/C19H22ClN3O3/c1-13-7-14(2)9-16(8-13)25-6-4-19(24)26-15-3-5-23(12-15)18-11-21-10-17(20)22-18/h7-11,15H,3-6,12H2,1-2H3/t15-/m0/s1. The van der Waals surface area contributed by atoms with Gasteiger partial charge in [0, 0.05) is 13.0 Å². The smallest absolute Gasteiger partial charge is 0.309 e. The Labute approximate surface area is 158 Å². The van der Waals surface area contributed by atoms with E-state index >= 15 is 0 Å². The predicted octanol–water partition coefficient (Wildman–Crippen LogP) is 3.34. The van der Waals surface area contributed by atoms with E-state index in [1.165, 1.54) is 6.20 Å². The molecule has 1 aliphatic rings. The van der Waals surface area contributed by atoms with E-state index in [0.29, 0.717) is 24.1 Å². The molecule has 26 heavy (non-hydrogen) atoms. The van der Waals surface area contributed by atoms with Crippen LogP contribution in [0.4, 0.5) is 5.82 Å². The second-order valence-corrected chi connectivity index (χ2v) is 6.86. The minimum absolute atomic E-state index is 0.149. The SMILES string of the molecule is Cc1cc(C)cc(OCCC(=O)O[C@H]2CCN(c3cncc(Cl)n3)C2)c1. The monoisotopic (exact) mass is 375 g/mol. The van der Waals surface area contributed by atoms with Crippen LogP contribution in [0.25, 0.3) is 0 Å². The molecule has 1 aromatic carbocycles. The molecule has 1 saturated heterocycles. The van der Waals surface area contributed by atoms with Gasteiger partial charge in [-0.2, -0.15) is 0 Å². The Kier molecular flexibility index (Phi) is 5.93. The van der Waals surface area contributed by atoms with Gasteiger partial charge in [-0.05, 0) is 37.1 Å². The number of anilines is 1. The van der Waals surface area contributed by atoms with Crippen molar-refractivity contribution in [3.8, 4) is 5.75 Å². The Morgan fingerprint density at radius 2 is 2.04 bits per heavy atom. The van der Waals surface area contributed by atoms with Gasteiger partial charge in [0.1, 0.15) is 22.8 Å². The van der Waals surface area contributed by atoms with Crippen LogP contribution < -0.4 is 9.64 Å². The van der Waals surface area contributed by atoms with Gasteiger partial charge in [0.05, 0.1) is 32.0 Å². The lowest BCUT2D eigenvalue weighted by molar-refractivity contribution is -0.148. The van der Waals surface area contributed by atoms with E-state index in [-0.39, 0.29) is 18.5 Å². The minimum atomic E-state index is -0.251. The predicted molar refractivity (Wildman–Crippen MR) is 99.8 cm³/mol. The van der Waals surface area contributed by atoms with Crippen LogP contribution in [0.3, 0.4) is 0 Å². The first-order chi connectivity index (χ1) is 12.5. The zero-order chi connectivity index (χ0) is 18.5. The number of nitrogens with zero attached hydrogens (tertiary/aromatic N) is 3. The number of hydrogen-bond acceptors (Lipinski definition) is 6. The summed E-state index contributed by atoms with van der Waals surface area (Å²) >= 11 is 5.87. The largest absolute Gasteiger partial charge is 0.493 e. The van der Waals surface area contributed by atoms with E-state index in [4.69, 9.17) is 21.1 Å². The van der Waals surface area contributed by atoms with Crippen molar-refractivity contribution in [1.82, 2.24) is 9.97 Å². The number of hydrogen-bond donors (Lipinski definition) is 0. The average molecular weight is 376 g/mol. The minimum Gasteiger partial charge on any atom is -0.493 e. The highest BCUT2D eigenvalue weighted by Gasteiger charge is 2.26. The molecule has 1 aromatic heterocycles. The maximum absolute atomic E-state index is 12.1. The van der Waals surface area contributed by atoms with Crippen molar-refractivity contribution >= 4 is 23.4 Å². The lowest BCUT2D eigenvalue weighted by Gasteiger charge is -2.17. The van der Waals surface area contributed by atoms with Crippen LogP contribution in [0.5, 0.6) is 5.75 Å². The van der Waals surface area contributed by atoms with Crippen molar-refractivity contribution < 1.29 is 14.3 Å². The van der Waals surface area contributed by atoms with Crippen LogP contribution in [-0.4, -0.2) is 41.7 Å². The van der Waals surface area contributed by atoms with Crippen LogP contribution in [-0.2, 0) is 9.53 Å². The summed E-state index contributed by atoms with van der Waals surface area (Å²) in [6.07, 6.45) is 3.99. The third-order valence-corrected chi connectivity index (χ3v) is 4.31. The molecule has 1 atom stereocenters. The third kappa shape index (κ3) is 5.08. The molecule has 3 rings (SSSR count). The Morgan fingerprint density at radius 3 is 2.77 bits per heavy atom. The second-order valence-electron chi connectivity index (χ2n) is 6.47. The number of aryl methyl sites for hydroxylation is 2. The Morgan fingerprint density at radius 1 is 1.27 bits per heavy atom. The zero-order valence-electron chi connectivity index (χ0n) is 14.9. The van der Waals surface area contributed by atoms with E-state index < -0.39 is 0 Å². The Balaban J connectivity index is 1.42. The first-order valence-corrected chi connectivity index (χ1v) is 9.00. The average Bonchev–Trinajstić information content (AvgIpc) is 3.02. The fourth-order valence-corrected chi connectivity index (χ4v) is 3.17. The molecule has 2 heterocycles. The molecule has 0 aliphatic carbocycles. The number of esters is 1. The molecule has 138 valence electrons. The lowest BCUT2D eigenvalue weighted by atomic mass is 10.1. The summed E-state index contributed by atoms with van der Waals surface area (Å²) in [5, 5.41) is 0.353. The van der Waals surface area contributed by atoms with Crippen LogP contribution in [0.2, 0.25) is 5.15 Å². The molecule has 7 heteroatoms. The maximum atomic E-state index is 12.1. The lowest BCUT2D eigenvalue weighted by Crippen LogP contribution is -2.26. The summed E-state index contributed by atoms with van der Waals surface area (Å²) in [7, 11) is 0. The molecule has 2 aromatic rings. The summed E-state index contributed by atoms with van der Waals surface area (Å²) in [6, 6.07) is 6.00. The number of benzene rings is 1. The molecule has 1 aliphatic heterocycles. The van der Waals surface area contributed by atoms with Gasteiger partial charge in [-0.15, -0.1) is 0 Å². The van der Waals surface area contributed by atoms with Gasteiger partial charge in [0.2, 0.25) is 0 Å². The normalized spacial score (nSPS) is 16.6. The van der Waals surface area contributed by atoms with Crippen molar-refractivity contribution in [2.75, 3.05) is 24.6 Å². The fraction of sp³-hybridized carbons (Fsp3) is 0.421. The highest BCUT2D eigenvalue weighted by Crippen LogP contribution is 2.21. The molecule has 1 fully saturated rings. The van der Waals surface area contributed by atoms with Gasteiger partial charge in [-0.3, -0.25) is 9.78 Å². The van der Waals surface area contributed by atoms with E-state index in [1.807, 2.05) is 30.9 Å². The van der Waals surface area contributed by atoms with E-state index in [0.717, 1.165) is 29.8 Å². The molecule has 0 saturated carbocycles. The van der Waals surface area contributed by atoms with Gasteiger partial charge in [0.25, 0.3) is 0 Å². The van der Waals surface area contributed by atoms with Gasteiger partial charge >= 0.3 is 5.97 Å². The molecular formula is C19H22ClN3O3. The van der Waals surface area contributed by atoms with E-state index in [9.17, 15) is 4.79 Å². The number of aromatic nitrogens is 2. The second kappa shape index (κ2) is 8.36. The number of rotatable bonds is 6. The maximum Gasteiger partial charge on any atom is 0.309 e. The molecule has 0 unspecified atom stereocenters. The van der Waals surface area contributed by atoms with Crippen LogP contribution >= 0.6 is 11.6 Å². The Bertz CT molecular complexity index is 764. The molecular weight excluding hydrogens is 354 g/mol. The van der Waals surface area contributed by atoms with Crippen molar-refractivity contribution in [2.45, 2.75) is 32.8 Å². The van der Waals surface area contributed by atoms with Gasteiger partial charge in [-0.25, -0.2) is 4.98 Å². The molecule has 0 N–H and O–H groups in total. The summed E-state index contributed by atoms with van der Waals surface area (Å²) in [5.41, 5.74) is 2.27. The first-order valence-electron chi connectivity index (χ1n) is 8.62. The van der Waals surface area contributed by atoms with Crippen LogP contribution in [0.15, 0.2) is 30.6 Å². The van der Waals surface area contributed by atoms with E-state index in [2.05, 4.69) is 16.0 Å². The highest BCUT2D eigenvalue weighted by atomic mass is 35.5. The summed E-state index contributed by atoms with van der Waals surface area (Å²) in [5.74, 6) is 1.23. The summed E-state index contributed by atoms with van der Waals surface area (Å²) in [4.78, 5) is 22.3. The summed E-state index contributed by atoms with van der Waals surface area (Å²) < 4.78 is 11.2. The first kappa shape index (κ1) is 18.5. The number of carbonyl (C=O) groups excluding carboxylic acids is 1. The highest BCUT2D eigenvalue weighted by molar-refractivity contribution is 6.29. The van der Waals surface area contributed by atoms with Crippen molar-refractivity contribution in [1.29, 1.82) is 0 Å². The number of halogens is 1. The number of ether oxygens (including phenoxy) is 2. The van der Waals surface area contributed by atoms with Gasteiger partial charge < -0.3 is 14.4 Å². The molecule has 0 spiro atoms. The van der Waals surface area contributed by atoms with Crippen LogP contribution in [0, 0.1) is 13.8 Å². The Hall–Kier alpha value is -2.34. The van der Waals surface area contributed by atoms with Gasteiger partial charge in [-0.1, -0.05) is 17.7 Å². The third-order valence-electron chi connectivity index (χ3n) is 4.13. The van der Waals surface area contributed by atoms with Crippen molar-refractivity contribution in [2.24, 2.45) is 0 Å².